The highest BCUT2D eigenvalue weighted by Gasteiger charge is 2.16. The Hall–Kier alpha value is -1.86. The monoisotopic (exact) mass is 265 g/mol. The third kappa shape index (κ3) is 4.73. The number of hydrogen-bond donors (Lipinski definition) is 3. The van der Waals surface area contributed by atoms with Crippen LogP contribution < -0.4 is 15.5 Å². The predicted molar refractivity (Wildman–Crippen MR) is 70.4 cm³/mol. The summed E-state index contributed by atoms with van der Waals surface area (Å²) in [6, 6.07) is 4.20. The van der Waals surface area contributed by atoms with Crippen molar-refractivity contribution < 1.29 is 24.4 Å². The molecule has 102 valence electrons. The summed E-state index contributed by atoms with van der Waals surface area (Å²) in [7, 11) is -1.72. The number of carbonyl (C=O) groups is 2. The number of aldehydes is 1. The predicted octanol–water partition coefficient (Wildman–Crippen LogP) is -0.918. The van der Waals surface area contributed by atoms with E-state index in [9.17, 15) is 9.59 Å². The van der Waals surface area contributed by atoms with E-state index in [2.05, 4.69) is 5.32 Å². The van der Waals surface area contributed by atoms with Crippen molar-refractivity contribution in [2.45, 2.75) is 19.9 Å². The second-order valence-electron chi connectivity index (χ2n) is 4.29. The van der Waals surface area contributed by atoms with Gasteiger partial charge in [-0.15, -0.1) is 0 Å². The van der Waals surface area contributed by atoms with Crippen LogP contribution in [0.15, 0.2) is 18.2 Å². The Kier molecular flexibility index (Phi) is 5.53. The summed E-state index contributed by atoms with van der Waals surface area (Å²) in [4.78, 5) is 22.2. The Morgan fingerprint density at radius 2 is 2.16 bits per heavy atom. The zero-order chi connectivity index (χ0) is 14.4. The van der Waals surface area contributed by atoms with E-state index in [4.69, 9.17) is 14.8 Å². The summed E-state index contributed by atoms with van der Waals surface area (Å²) < 4.78 is 5.21. The number of nitrogens with one attached hydrogen (secondary N) is 1. The van der Waals surface area contributed by atoms with Gasteiger partial charge in [0.05, 0.1) is 0 Å². The number of hydrogen-bond acceptors (Lipinski definition) is 5. The summed E-state index contributed by atoms with van der Waals surface area (Å²) in [6.07, 6.45) is 0.496. The zero-order valence-electron chi connectivity index (χ0n) is 10.8. The van der Waals surface area contributed by atoms with Crippen LogP contribution in [0, 0.1) is 0 Å². The van der Waals surface area contributed by atoms with Gasteiger partial charge in [0.25, 0.3) is 5.91 Å². The first-order valence-electron chi connectivity index (χ1n) is 5.81. The van der Waals surface area contributed by atoms with Crippen molar-refractivity contribution in [2.24, 2.45) is 0 Å². The summed E-state index contributed by atoms with van der Waals surface area (Å²) in [6.45, 7) is 3.50. The quantitative estimate of drug-likeness (QED) is 0.457. The van der Waals surface area contributed by atoms with Crippen LogP contribution >= 0.6 is 0 Å². The van der Waals surface area contributed by atoms with Gasteiger partial charge in [0.2, 0.25) is 0 Å². The van der Waals surface area contributed by atoms with Crippen LogP contribution in [-0.4, -0.2) is 42.0 Å². The van der Waals surface area contributed by atoms with E-state index in [1.807, 2.05) is 13.8 Å². The van der Waals surface area contributed by atoms with E-state index < -0.39 is 7.12 Å². The Labute approximate surface area is 111 Å². The van der Waals surface area contributed by atoms with Gasteiger partial charge < -0.3 is 20.1 Å². The maximum Gasteiger partial charge on any atom is 0.489 e. The first-order chi connectivity index (χ1) is 8.93. The van der Waals surface area contributed by atoms with E-state index in [-0.39, 0.29) is 29.6 Å². The minimum Gasteiger partial charge on any atom is -0.484 e. The molecule has 0 unspecified atom stereocenters. The summed E-state index contributed by atoms with van der Waals surface area (Å²) >= 11 is 0. The van der Waals surface area contributed by atoms with E-state index in [1.165, 1.54) is 18.2 Å². The Morgan fingerprint density at radius 3 is 2.68 bits per heavy atom. The molecular formula is C12H16BNO5. The fraction of sp³-hybridized carbons (Fsp3) is 0.333. The largest absolute Gasteiger partial charge is 0.489 e. The van der Waals surface area contributed by atoms with Crippen molar-refractivity contribution in [1.82, 2.24) is 5.32 Å². The van der Waals surface area contributed by atoms with E-state index in [0.29, 0.717) is 12.0 Å². The van der Waals surface area contributed by atoms with Crippen LogP contribution in [-0.2, 0) is 4.79 Å². The van der Waals surface area contributed by atoms with Crippen LogP contribution in [0.4, 0.5) is 0 Å². The van der Waals surface area contributed by atoms with Gasteiger partial charge in [-0.25, -0.2) is 0 Å². The highest BCUT2D eigenvalue weighted by molar-refractivity contribution is 6.60. The Bertz CT molecular complexity index is 461. The lowest BCUT2D eigenvalue weighted by molar-refractivity contribution is -0.123. The molecule has 1 aromatic rings. The highest BCUT2D eigenvalue weighted by Crippen LogP contribution is 2.11. The molecule has 0 aliphatic carbocycles. The highest BCUT2D eigenvalue weighted by atomic mass is 16.5. The van der Waals surface area contributed by atoms with Gasteiger partial charge in [0, 0.05) is 11.6 Å². The average Bonchev–Trinajstić information content (AvgIpc) is 2.34. The van der Waals surface area contributed by atoms with Gasteiger partial charge in [0.1, 0.15) is 12.0 Å². The molecule has 0 atom stereocenters. The normalized spacial score (nSPS) is 10.2. The SMILES string of the molecule is CC(C)NC(=O)COc1ccc(B(O)O)c(C=O)c1. The van der Waals surface area contributed by atoms with Crippen molar-refractivity contribution in [3.63, 3.8) is 0 Å². The lowest BCUT2D eigenvalue weighted by Gasteiger charge is -2.11. The van der Waals surface area contributed by atoms with Crippen molar-refractivity contribution in [1.29, 1.82) is 0 Å². The Morgan fingerprint density at radius 1 is 1.47 bits per heavy atom. The summed E-state index contributed by atoms with van der Waals surface area (Å²) in [5.74, 6) is 0.0410. The minimum absolute atomic E-state index is 0.0218. The zero-order valence-corrected chi connectivity index (χ0v) is 10.8. The fourth-order valence-corrected chi connectivity index (χ4v) is 1.49. The second kappa shape index (κ2) is 6.91. The third-order valence-corrected chi connectivity index (χ3v) is 2.28. The van der Waals surface area contributed by atoms with Crippen molar-refractivity contribution in [3.05, 3.63) is 23.8 Å². The van der Waals surface area contributed by atoms with E-state index in [0.717, 1.165) is 0 Å². The maximum absolute atomic E-state index is 11.4. The average molecular weight is 265 g/mol. The molecule has 1 amide bonds. The Balaban J connectivity index is 2.70. The van der Waals surface area contributed by atoms with E-state index in [1.54, 1.807) is 0 Å². The van der Waals surface area contributed by atoms with Gasteiger partial charge in [-0.3, -0.25) is 9.59 Å². The van der Waals surface area contributed by atoms with Gasteiger partial charge in [-0.2, -0.15) is 0 Å². The smallest absolute Gasteiger partial charge is 0.484 e. The van der Waals surface area contributed by atoms with Crippen molar-refractivity contribution in [3.8, 4) is 5.75 Å². The maximum atomic E-state index is 11.4. The molecule has 1 rings (SSSR count). The second-order valence-corrected chi connectivity index (χ2v) is 4.29. The number of carbonyl (C=O) groups excluding carboxylic acids is 2. The molecule has 19 heavy (non-hydrogen) atoms. The summed E-state index contributed by atoms with van der Waals surface area (Å²) in [5, 5.41) is 20.7. The molecular weight excluding hydrogens is 249 g/mol. The first kappa shape index (κ1) is 15.2. The molecule has 0 aliphatic rings. The molecule has 0 heterocycles. The first-order valence-corrected chi connectivity index (χ1v) is 5.81. The molecule has 0 aromatic heterocycles. The minimum atomic E-state index is -1.72. The molecule has 0 saturated carbocycles. The van der Waals surface area contributed by atoms with Gasteiger partial charge in [-0.1, -0.05) is 6.07 Å². The number of amides is 1. The molecule has 6 nitrogen and oxygen atoms in total. The molecule has 0 spiro atoms. The van der Waals surface area contributed by atoms with Crippen LogP contribution in [0.5, 0.6) is 5.75 Å². The molecule has 3 N–H and O–H groups in total. The molecule has 7 heteroatoms. The standard InChI is InChI=1S/C12H16BNO5/c1-8(2)14-12(16)7-19-10-3-4-11(13(17)18)9(5-10)6-15/h3-6,8,17-18H,7H2,1-2H3,(H,14,16). The lowest BCUT2D eigenvalue weighted by atomic mass is 9.77. The van der Waals surface area contributed by atoms with Crippen LogP contribution in [0.1, 0.15) is 24.2 Å². The van der Waals surface area contributed by atoms with Crippen molar-refractivity contribution in [2.75, 3.05) is 6.61 Å². The van der Waals surface area contributed by atoms with Crippen LogP contribution in [0.3, 0.4) is 0 Å². The van der Waals surface area contributed by atoms with Crippen LogP contribution in [0.2, 0.25) is 0 Å². The number of rotatable bonds is 6. The van der Waals surface area contributed by atoms with Gasteiger partial charge in [0.15, 0.2) is 6.61 Å². The molecule has 0 radical (unpaired) electrons. The lowest BCUT2D eigenvalue weighted by Crippen LogP contribution is -2.34. The van der Waals surface area contributed by atoms with Gasteiger partial charge >= 0.3 is 7.12 Å². The summed E-state index contributed by atoms with van der Waals surface area (Å²) in [5.41, 5.74) is 0.200. The third-order valence-electron chi connectivity index (χ3n) is 2.28. The van der Waals surface area contributed by atoms with E-state index >= 15 is 0 Å². The number of ether oxygens (including phenoxy) is 1. The molecule has 0 fully saturated rings. The van der Waals surface area contributed by atoms with Crippen molar-refractivity contribution >= 4 is 24.8 Å². The molecule has 0 bridgehead atoms. The van der Waals surface area contributed by atoms with Crippen LogP contribution in [0.25, 0.3) is 0 Å². The molecule has 0 aliphatic heterocycles. The fourth-order valence-electron chi connectivity index (χ4n) is 1.49. The molecule has 1 aromatic carbocycles. The topological polar surface area (TPSA) is 95.9 Å². The molecule has 0 saturated heterocycles. The van der Waals surface area contributed by atoms with Gasteiger partial charge in [-0.05, 0) is 31.4 Å². The number of benzene rings is 1.